The molecule has 9 heteroatoms. The molecule has 7 nitrogen and oxygen atoms in total. The first-order chi connectivity index (χ1) is 20.3. The summed E-state index contributed by atoms with van der Waals surface area (Å²) in [5.41, 5.74) is 5.43. The van der Waals surface area contributed by atoms with Gasteiger partial charge in [-0.1, -0.05) is 35.9 Å². The van der Waals surface area contributed by atoms with Crippen molar-refractivity contribution in [3.05, 3.63) is 93.0 Å². The second-order valence-corrected chi connectivity index (χ2v) is 12.1. The van der Waals surface area contributed by atoms with Crippen molar-refractivity contribution >= 4 is 28.6 Å². The Morgan fingerprint density at radius 3 is 2.64 bits per heavy atom. The van der Waals surface area contributed by atoms with Gasteiger partial charge < -0.3 is 19.1 Å². The third-order valence-electron chi connectivity index (χ3n) is 8.94. The minimum absolute atomic E-state index is 0.00367. The highest BCUT2D eigenvalue weighted by Gasteiger charge is 2.29. The number of hydrogen-bond acceptors (Lipinski definition) is 5. The smallest absolute Gasteiger partial charge is 0.335 e. The van der Waals surface area contributed by atoms with Crippen molar-refractivity contribution in [2.45, 2.75) is 70.4 Å². The second kappa shape index (κ2) is 11.0. The van der Waals surface area contributed by atoms with E-state index in [0.717, 1.165) is 42.5 Å². The summed E-state index contributed by atoms with van der Waals surface area (Å²) < 4.78 is 28.8. The van der Waals surface area contributed by atoms with E-state index in [4.69, 9.17) is 21.1 Å². The number of aromatic carboxylic acids is 1. The normalized spacial score (nSPS) is 20.4. The lowest BCUT2D eigenvalue weighted by Gasteiger charge is -2.36. The molecule has 3 aromatic carbocycles. The lowest BCUT2D eigenvalue weighted by Crippen LogP contribution is -2.36. The Bertz CT molecular complexity index is 1660. The van der Waals surface area contributed by atoms with Crippen LogP contribution in [0, 0.1) is 5.82 Å². The van der Waals surface area contributed by atoms with Crippen LogP contribution in [0.15, 0.2) is 48.5 Å². The number of carboxylic acids is 1. The van der Waals surface area contributed by atoms with E-state index < -0.39 is 11.8 Å². The molecule has 3 heterocycles. The van der Waals surface area contributed by atoms with Crippen LogP contribution in [0.1, 0.15) is 76.6 Å². The van der Waals surface area contributed by atoms with E-state index in [-0.39, 0.29) is 23.2 Å². The molecular formula is C33H33ClFN3O4. The first kappa shape index (κ1) is 27.4. The summed E-state index contributed by atoms with van der Waals surface area (Å²) >= 11 is 6.66. The number of hydrogen-bond donors (Lipinski definition) is 1. The Labute approximate surface area is 248 Å². The molecular weight excluding hydrogens is 557 g/mol. The number of ether oxygens (including phenoxy) is 2. The number of fused-ring (bicyclic) bond motifs is 2. The van der Waals surface area contributed by atoms with Gasteiger partial charge in [-0.25, -0.2) is 14.2 Å². The van der Waals surface area contributed by atoms with Gasteiger partial charge in [0.1, 0.15) is 23.7 Å². The highest BCUT2D eigenvalue weighted by Crippen LogP contribution is 2.40. The summed E-state index contributed by atoms with van der Waals surface area (Å²) in [5.74, 6) is 0.280. The number of nitrogens with zero attached hydrogens (tertiary/aromatic N) is 3. The quantitative estimate of drug-likeness (QED) is 0.229. The van der Waals surface area contributed by atoms with Gasteiger partial charge in [-0.05, 0) is 85.0 Å². The highest BCUT2D eigenvalue weighted by atomic mass is 35.5. The molecule has 1 saturated heterocycles. The summed E-state index contributed by atoms with van der Waals surface area (Å²) in [6.45, 7) is 5.05. The van der Waals surface area contributed by atoms with Gasteiger partial charge in [0.2, 0.25) is 0 Å². The molecule has 0 spiro atoms. The fourth-order valence-corrected chi connectivity index (χ4v) is 6.39. The zero-order valence-electron chi connectivity index (χ0n) is 23.5. The van der Waals surface area contributed by atoms with E-state index in [1.165, 1.54) is 30.0 Å². The van der Waals surface area contributed by atoms with Crippen LogP contribution in [-0.4, -0.2) is 44.8 Å². The molecule has 4 aromatic rings. The third-order valence-corrected chi connectivity index (χ3v) is 9.24. The molecule has 0 radical (unpaired) electrons. The fraction of sp³-hybridized carbons (Fsp3) is 0.394. The summed E-state index contributed by atoms with van der Waals surface area (Å²) in [6, 6.07) is 15.3. The molecule has 2 aliphatic heterocycles. The van der Waals surface area contributed by atoms with Crippen LogP contribution in [0.2, 0.25) is 5.02 Å². The average Bonchev–Trinajstić information content (AvgIpc) is 3.74. The summed E-state index contributed by atoms with van der Waals surface area (Å²) in [4.78, 5) is 18.6. The zero-order valence-corrected chi connectivity index (χ0v) is 24.2. The predicted octanol–water partition coefficient (Wildman–Crippen LogP) is 6.89. The van der Waals surface area contributed by atoms with E-state index in [1.807, 2.05) is 10.6 Å². The average molecular weight is 590 g/mol. The Kier molecular flexibility index (Phi) is 7.16. The molecule has 0 bridgehead atoms. The maximum atomic E-state index is 15.0. The molecule has 0 amide bonds. The van der Waals surface area contributed by atoms with E-state index >= 15 is 4.39 Å². The Morgan fingerprint density at radius 2 is 1.95 bits per heavy atom. The zero-order chi connectivity index (χ0) is 29.0. The maximum Gasteiger partial charge on any atom is 0.335 e. The van der Waals surface area contributed by atoms with Crippen LogP contribution in [-0.2, 0) is 30.9 Å². The van der Waals surface area contributed by atoms with Crippen LogP contribution < -0.4 is 4.74 Å². The minimum Gasteiger partial charge on any atom is -0.487 e. The van der Waals surface area contributed by atoms with Crippen molar-refractivity contribution in [2.75, 3.05) is 13.2 Å². The number of carbonyl (C=O) groups is 1. The lowest BCUT2D eigenvalue weighted by atomic mass is 9.93. The summed E-state index contributed by atoms with van der Waals surface area (Å²) in [6.07, 6.45) is 4.29. The first-order valence-electron chi connectivity index (χ1n) is 14.7. The Balaban J connectivity index is 1.13. The van der Waals surface area contributed by atoms with Crippen molar-refractivity contribution < 1.29 is 23.8 Å². The number of aromatic nitrogens is 2. The third kappa shape index (κ3) is 5.27. The number of imidazole rings is 1. The van der Waals surface area contributed by atoms with Crippen LogP contribution in [0.3, 0.4) is 0 Å². The van der Waals surface area contributed by atoms with Crippen LogP contribution in [0.5, 0.6) is 5.75 Å². The molecule has 1 saturated carbocycles. The fourth-order valence-electron chi connectivity index (χ4n) is 6.15. The summed E-state index contributed by atoms with van der Waals surface area (Å²) in [7, 11) is 0. The molecule has 1 aliphatic carbocycles. The van der Waals surface area contributed by atoms with Gasteiger partial charge >= 0.3 is 5.97 Å². The molecule has 1 aromatic heterocycles. The van der Waals surface area contributed by atoms with Gasteiger partial charge in [-0.15, -0.1) is 0 Å². The van der Waals surface area contributed by atoms with Gasteiger partial charge in [-0.3, -0.25) is 4.90 Å². The minimum atomic E-state index is -1.17. The van der Waals surface area contributed by atoms with E-state index in [1.54, 1.807) is 0 Å². The standard InChI is InChI=1S/C33H33ClFN3O4/c1-19-26-15-30(42-18-20-2-4-21(5-3-20)22-6-7-22)27(34)12-23(26)8-10-37(19)17-31-36-32-28(35)13-24(33(39)40)14-29(32)38(31)16-25-9-11-41-25/h2-5,12-15,19,22,25H,6-11,16-18H2,1H3,(H,39,40)/t19-,25-/m0/s1. The summed E-state index contributed by atoms with van der Waals surface area (Å²) in [5, 5.41) is 10.1. The van der Waals surface area contributed by atoms with Gasteiger partial charge in [-0.2, -0.15) is 0 Å². The number of benzene rings is 3. The maximum absolute atomic E-state index is 15.0. The molecule has 7 rings (SSSR count). The number of carboxylic acid groups (broad SMARTS) is 1. The van der Waals surface area contributed by atoms with Crippen LogP contribution in [0.4, 0.5) is 4.39 Å². The predicted molar refractivity (Wildman–Crippen MR) is 158 cm³/mol. The monoisotopic (exact) mass is 589 g/mol. The molecule has 3 aliphatic rings. The Morgan fingerprint density at radius 1 is 1.17 bits per heavy atom. The lowest BCUT2D eigenvalue weighted by molar-refractivity contribution is -0.0592. The largest absolute Gasteiger partial charge is 0.487 e. The van der Waals surface area contributed by atoms with Gasteiger partial charge in [0.05, 0.1) is 35.3 Å². The molecule has 218 valence electrons. The molecule has 2 fully saturated rings. The second-order valence-electron chi connectivity index (χ2n) is 11.7. The van der Waals surface area contributed by atoms with Crippen molar-refractivity contribution in [3.63, 3.8) is 0 Å². The first-order valence-corrected chi connectivity index (χ1v) is 15.0. The molecule has 2 atom stereocenters. The number of rotatable bonds is 9. The van der Waals surface area contributed by atoms with Crippen molar-refractivity contribution in [2.24, 2.45) is 0 Å². The van der Waals surface area contributed by atoms with Crippen LogP contribution >= 0.6 is 11.6 Å². The van der Waals surface area contributed by atoms with Gasteiger partial charge in [0.25, 0.3) is 0 Å². The van der Waals surface area contributed by atoms with Gasteiger partial charge in [0.15, 0.2) is 5.82 Å². The van der Waals surface area contributed by atoms with Gasteiger partial charge in [0, 0.05) is 19.2 Å². The Hall–Kier alpha value is -3.46. The topological polar surface area (TPSA) is 76.8 Å². The van der Waals surface area contributed by atoms with Crippen molar-refractivity contribution in [1.82, 2.24) is 14.5 Å². The van der Waals surface area contributed by atoms with E-state index in [0.29, 0.717) is 48.4 Å². The highest BCUT2D eigenvalue weighted by molar-refractivity contribution is 6.32. The van der Waals surface area contributed by atoms with Crippen molar-refractivity contribution in [1.29, 1.82) is 0 Å². The molecule has 0 unspecified atom stereocenters. The molecule has 42 heavy (non-hydrogen) atoms. The van der Waals surface area contributed by atoms with Crippen molar-refractivity contribution in [3.8, 4) is 5.75 Å². The molecule has 1 N–H and O–H groups in total. The number of halogens is 2. The SMILES string of the molecule is C[C@H]1c2cc(OCc3ccc(C4CC4)cc3)c(Cl)cc2CCN1Cc1nc2c(F)cc(C(=O)O)cc2n1C[C@@H]1CCO1. The van der Waals surface area contributed by atoms with E-state index in [2.05, 4.69) is 47.1 Å². The van der Waals surface area contributed by atoms with E-state index in [9.17, 15) is 9.90 Å². The van der Waals surface area contributed by atoms with Crippen LogP contribution in [0.25, 0.3) is 11.0 Å².